The number of carboxylic acids is 1. The summed E-state index contributed by atoms with van der Waals surface area (Å²) in [5.41, 5.74) is 9.03. The standard InChI is InChI=1S/C14H18BrNO3/c15-13-9-4-2-1-3-8(9)7-10(14(13)19)11(16)5-6-12(17)18/h7,11,19H,1-6,16H2,(H,17,18). The van der Waals surface area contributed by atoms with Crippen LogP contribution < -0.4 is 5.73 Å². The van der Waals surface area contributed by atoms with Gasteiger partial charge in [0.05, 0.1) is 4.47 Å². The van der Waals surface area contributed by atoms with Crippen LogP contribution in [0, 0.1) is 0 Å². The highest BCUT2D eigenvalue weighted by Gasteiger charge is 2.21. The van der Waals surface area contributed by atoms with Gasteiger partial charge in [0.2, 0.25) is 0 Å². The van der Waals surface area contributed by atoms with E-state index in [0.29, 0.717) is 12.0 Å². The van der Waals surface area contributed by atoms with Gasteiger partial charge in [-0.2, -0.15) is 0 Å². The number of nitrogens with two attached hydrogens (primary N) is 1. The van der Waals surface area contributed by atoms with Crippen molar-refractivity contribution in [3.05, 3.63) is 27.2 Å². The molecule has 1 aliphatic rings. The molecule has 104 valence electrons. The summed E-state index contributed by atoms with van der Waals surface area (Å²) in [5, 5.41) is 18.9. The molecule has 0 spiro atoms. The number of phenols is 1. The zero-order valence-electron chi connectivity index (χ0n) is 10.7. The minimum Gasteiger partial charge on any atom is -0.506 e. The van der Waals surface area contributed by atoms with Gasteiger partial charge in [0.1, 0.15) is 5.75 Å². The van der Waals surface area contributed by atoms with Crippen LogP contribution in [0.15, 0.2) is 10.5 Å². The van der Waals surface area contributed by atoms with E-state index in [2.05, 4.69) is 15.9 Å². The maximum Gasteiger partial charge on any atom is 0.303 e. The van der Waals surface area contributed by atoms with E-state index >= 15 is 0 Å². The van der Waals surface area contributed by atoms with E-state index in [1.807, 2.05) is 6.07 Å². The molecule has 0 heterocycles. The van der Waals surface area contributed by atoms with Gasteiger partial charge >= 0.3 is 5.97 Å². The summed E-state index contributed by atoms with van der Waals surface area (Å²) in [5.74, 6) is -0.703. The highest BCUT2D eigenvalue weighted by molar-refractivity contribution is 9.10. The molecule has 0 aromatic heterocycles. The lowest BCUT2D eigenvalue weighted by Gasteiger charge is -2.22. The summed E-state index contributed by atoms with van der Waals surface area (Å²) in [4.78, 5) is 10.6. The fraction of sp³-hybridized carbons (Fsp3) is 0.500. The van der Waals surface area contributed by atoms with E-state index < -0.39 is 12.0 Å². The Balaban J connectivity index is 2.30. The fourth-order valence-electron chi connectivity index (χ4n) is 2.58. The highest BCUT2D eigenvalue weighted by Crippen LogP contribution is 2.40. The van der Waals surface area contributed by atoms with Crippen LogP contribution in [-0.4, -0.2) is 16.2 Å². The minimum atomic E-state index is -0.869. The van der Waals surface area contributed by atoms with Gasteiger partial charge in [0.15, 0.2) is 0 Å². The van der Waals surface area contributed by atoms with Crippen molar-refractivity contribution in [2.45, 2.75) is 44.6 Å². The number of carboxylic acid groups (broad SMARTS) is 1. The second-order valence-corrected chi connectivity index (χ2v) is 5.81. The maximum atomic E-state index is 10.6. The van der Waals surface area contributed by atoms with Crippen molar-refractivity contribution in [3.8, 4) is 5.75 Å². The Labute approximate surface area is 120 Å². The first-order valence-electron chi connectivity index (χ1n) is 6.51. The highest BCUT2D eigenvalue weighted by atomic mass is 79.9. The van der Waals surface area contributed by atoms with Crippen LogP contribution in [-0.2, 0) is 17.6 Å². The number of hydrogen-bond acceptors (Lipinski definition) is 3. The molecule has 19 heavy (non-hydrogen) atoms. The molecule has 0 amide bonds. The summed E-state index contributed by atoms with van der Waals surface area (Å²) >= 11 is 3.44. The second kappa shape index (κ2) is 5.92. The number of aromatic hydroxyl groups is 1. The number of carbonyl (C=O) groups is 1. The number of benzene rings is 1. The van der Waals surface area contributed by atoms with E-state index in [4.69, 9.17) is 10.8 Å². The van der Waals surface area contributed by atoms with Gasteiger partial charge in [-0.05, 0) is 59.2 Å². The average molecular weight is 328 g/mol. The molecule has 1 unspecified atom stereocenters. The van der Waals surface area contributed by atoms with Crippen molar-refractivity contribution in [1.82, 2.24) is 0 Å². The lowest BCUT2D eigenvalue weighted by molar-refractivity contribution is -0.137. The molecule has 1 atom stereocenters. The molecular formula is C14H18BrNO3. The lowest BCUT2D eigenvalue weighted by atomic mass is 9.88. The molecular weight excluding hydrogens is 310 g/mol. The SMILES string of the molecule is NC(CCC(=O)O)c1cc2c(c(Br)c1O)CCCC2. The van der Waals surface area contributed by atoms with Gasteiger partial charge in [0, 0.05) is 18.0 Å². The van der Waals surface area contributed by atoms with E-state index in [0.717, 1.165) is 35.7 Å². The maximum absolute atomic E-state index is 10.6. The predicted molar refractivity (Wildman–Crippen MR) is 76.2 cm³/mol. The lowest BCUT2D eigenvalue weighted by Crippen LogP contribution is -2.14. The van der Waals surface area contributed by atoms with Gasteiger partial charge in [-0.25, -0.2) is 0 Å². The minimum absolute atomic E-state index is 0.00924. The molecule has 0 bridgehead atoms. The van der Waals surface area contributed by atoms with Crippen LogP contribution in [0.2, 0.25) is 0 Å². The van der Waals surface area contributed by atoms with Crippen molar-refractivity contribution in [3.63, 3.8) is 0 Å². The third-order valence-electron chi connectivity index (χ3n) is 3.66. The van der Waals surface area contributed by atoms with E-state index in [9.17, 15) is 9.90 Å². The summed E-state index contributed by atoms with van der Waals surface area (Å²) in [6.07, 6.45) is 4.58. The molecule has 5 heteroatoms. The van der Waals surface area contributed by atoms with Gasteiger partial charge < -0.3 is 15.9 Å². The predicted octanol–water partition coefficient (Wildman–Crippen LogP) is 2.90. The van der Waals surface area contributed by atoms with Gasteiger partial charge in [-0.1, -0.05) is 6.07 Å². The van der Waals surface area contributed by atoms with E-state index in [1.165, 1.54) is 5.56 Å². The van der Waals surface area contributed by atoms with Crippen LogP contribution in [0.3, 0.4) is 0 Å². The molecule has 2 rings (SSSR count). The van der Waals surface area contributed by atoms with Crippen LogP contribution >= 0.6 is 15.9 Å². The monoisotopic (exact) mass is 327 g/mol. The first-order chi connectivity index (χ1) is 9.00. The molecule has 0 fully saturated rings. The molecule has 0 radical (unpaired) electrons. The van der Waals surface area contributed by atoms with E-state index in [-0.39, 0.29) is 12.2 Å². The van der Waals surface area contributed by atoms with Crippen LogP contribution in [0.1, 0.15) is 48.4 Å². The Kier molecular flexibility index (Phi) is 4.47. The number of fused-ring (bicyclic) bond motifs is 1. The normalized spacial score (nSPS) is 15.9. The van der Waals surface area contributed by atoms with Crippen LogP contribution in [0.25, 0.3) is 0 Å². The first kappa shape index (κ1) is 14.3. The molecule has 4 N–H and O–H groups in total. The number of hydrogen-bond donors (Lipinski definition) is 3. The van der Waals surface area contributed by atoms with Crippen LogP contribution in [0.5, 0.6) is 5.75 Å². The second-order valence-electron chi connectivity index (χ2n) is 5.01. The average Bonchev–Trinajstić information content (AvgIpc) is 2.40. The molecule has 0 saturated heterocycles. The van der Waals surface area contributed by atoms with E-state index in [1.54, 1.807) is 0 Å². The number of aryl methyl sites for hydroxylation is 1. The van der Waals surface area contributed by atoms with Crippen molar-refractivity contribution < 1.29 is 15.0 Å². The van der Waals surface area contributed by atoms with Gasteiger partial charge in [-0.3, -0.25) is 4.79 Å². The third kappa shape index (κ3) is 3.09. The number of phenolic OH excluding ortho intramolecular Hbond substituents is 1. The summed E-state index contributed by atoms with van der Waals surface area (Å²) in [6, 6.07) is 1.50. The zero-order valence-corrected chi connectivity index (χ0v) is 12.2. The molecule has 1 aromatic rings. The summed E-state index contributed by atoms with van der Waals surface area (Å²) < 4.78 is 0.727. The van der Waals surface area contributed by atoms with Gasteiger partial charge in [-0.15, -0.1) is 0 Å². The van der Waals surface area contributed by atoms with Crippen molar-refractivity contribution in [2.75, 3.05) is 0 Å². The zero-order chi connectivity index (χ0) is 14.0. The Morgan fingerprint density at radius 2 is 2.11 bits per heavy atom. The quantitative estimate of drug-likeness (QED) is 0.793. The molecule has 4 nitrogen and oxygen atoms in total. The molecule has 1 aliphatic carbocycles. The molecule has 0 aliphatic heterocycles. The largest absolute Gasteiger partial charge is 0.506 e. The van der Waals surface area contributed by atoms with Crippen LogP contribution in [0.4, 0.5) is 0 Å². The smallest absolute Gasteiger partial charge is 0.303 e. The molecule has 1 aromatic carbocycles. The topological polar surface area (TPSA) is 83.6 Å². The first-order valence-corrected chi connectivity index (χ1v) is 7.30. The Morgan fingerprint density at radius 1 is 1.42 bits per heavy atom. The Hall–Kier alpha value is -1.07. The van der Waals surface area contributed by atoms with Crippen molar-refractivity contribution >= 4 is 21.9 Å². The third-order valence-corrected chi connectivity index (χ3v) is 4.51. The summed E-state index contributed by atoms with van der Waals surface area (Å²) in [6.45, 7) is 0. The number of aliphatic carboxylic acids is 1. The van der Waals surface area contributed by atoms with Crippen molar-refractivity contribution in [2.24, 2.45) is 5.73 Å². The van der Waals surface area contributed by atoms with Gasteiger partial charge in [0.25, 0.3) is 0 Å². The Bertz CT molecular complexity index is 502. The number of halogens is 1. The molecule has 0 saturated carbocycles. The Morgan fingerprint density at radius 3 is 2.79 bits per heavy atom. The fourth-order valence-corrected chi connectivity index (χ4v) is 3.26. The van der Waals surface area contributed by atoms with Crippen molar-refractivity contribution in [1.29, 1.82) is 0 Å². The number of rotatable bonds is 4. The summed E-state index contributed by atoms with van der Waals surface area (Å²) in [7, 11) is 0.